The van der Waals surface area contributed by atoms with Gasteiger partial charge in [-0.3, -0.25) is 18.2 Å². The summed E-state index contributed by atoms with van der Waals surface area (Å²) in [6.07, 6.45) is 0. The van der Waals surface area contributed by atoms with E-state index >= 15 is 0 Å². The Bertz CT molecular complexity index is 2870. The molecule has 280 valence electrons. The van der Waals surface area contributed by atoms with E-state index in [0.717, 1.165) is 48.5 Å². The highest BCUT2D eigenvalue weighted by Gasteiger charge is 2.28. The summed E-state index contributed by atoms with van der Waals surface area (Å²) in [7, 11) is -20.3. The van der Waals surface area contributed by atoms with Gasteiger partial charge in [0.1, 0.15) is 42.3 Å². The molecule has 5 rings (SSSR count). The third-order valence-electron chi connectivity index (χ3n) is 7.14. The van der Waals surface area contributed by atoms with Crippen LogP contribution in [-0.2, 0) is 49.8 Å². The number of hydrogen-bond acceptors (Lipinski definition) is 18. The Kier molecular flexibility index (Phi) is 10.6. The van der Waals surface area contributed by atoms with Gasteiger partial charge in [-0.05, 0) is 54.3 Å². The van der Waals surface area contributed by atoms with Gasteiger partial charge in [-0.2, -0.15) is 33.7 Å². The van der Waals surface area contributed by atoms with E-state index in [1.807, 2.05) is 0 Å². The van der Waals surface area contributed by atoms with Crippen molar-refractivity contribution in [3.05, 3.63) is 66.2 Å². The number of azo groups is 2. The molecule has 0 radical (unpaired) electrons. The molecular weight excluding hydrogens is 811 g/mol. The summed E-state index contributed by atoms with van der Waals surface area (Å²) in [6.45, 7) is 1.57. The lowest BCUT2D eigenvalue weighted by molar-refractivity contribution is -0.432. The molecule has 0 aliphatic carbocycles. The SMILES string of the molecule is Cc1ccc(S(=O)(=O)O)c(N=Nc2c(SOOO)cc3cc(S(=O)(=O)O)c(N=Nc4ccc5c(S(=O)(=O)O)cccc5c4S(=O)(=O)O)c(O)c3c2N)c1. The van der Waals surface area contributed by atoms with Crippen LogP contribution >= 0.6 is 12.0 Å². The van der Waals surface area contributed by atoms with Crippen molar-refractivity contribution >= 4 is 102 Å². The molecule has 5 aromatic rings. The molecule has 53 heavy (non-hydrogen) atoms. The van der Waals surface area contributed by atoms with Crippen LogP contribution < -0.4 is 5.73 Å². The normalized spacial score (nSPS) is 13.2. The Hall–Kier alpha value is -4.71. The molecular formula is C27H21N5O16S5. The third-order valence-corrected chi connectivity index (χ3v) is 11.4. The third kappa shape index (κ3) is 8.12. The van der Waals surface area contributed by atoms with Crippen LogP contribution in [-0.4, -0.2) is 62.2 Å². The number of aromatic hydroxyl groups is 1. The average Bonchev–Trinajstić information content (AvgIpc) is 3.03. The maximum absolute atomic E-state index is 12.5. The Morgan fingerprint density at radius 1 is 0.660 bits per heavy atom. The molecule has 0 aromatic heterocycles. The fourth-order valence-corrected chi connectivity index (χ4v) is 8.32. The first kappa shape index (κ1) is 39.5. The zero-order valence-electron chi connectivity index (χ0n) is 25.9. The van der Waals surface area contributed by atoms with Crippen molar-refractivity contribution < 1.29 is 71.6 Å². The van der Waals surface area contributed by atoms with Crippen molar-refractivity contribution in [2.45, 2.75) is 31.4 Å². The molecule has 8 N–H and O–H groups in total. The molecule has 0 aliphatic heterocycles. The van der Waals surface area contributed by atoms with E-state index < -0.39 is 99.3 Å². The molecule has 0 saturated heterocycles. The van der Waals surface area contributed by atoms with E-state index in [1.165, 1.54) is 12.1 Å². The molecule has 0 bridgehead atoms. The van der Waals surface area contributed by atoms with Crippen molar-refractivity contribution in [1.82, 2.24) is 0 Å². The van der Waals surface area contributed by atoms with E-state index in [9.17, 15) is 57.0 Å². The van der Waals surface area contributed by atoms with Crippen LogP contribution in [0.25, 0.3) is 21.5 Å². The first-order valence-corrected chi connectivity index (χ1v) is 20.2. The number of phenols is 1. The van der Waals surface area contributed by atoms with E-state index in [2.05, 4.69) is 29.8 Å². The minimum absolute atomic E-state index is 0.219. The van der Waals surface area contributed by atoms with Crippen LogP contribution in [0.15, 0.2) is 106 Å². The highest BCUT2D eigenvalue weighted by atomic mass is 32.2. The molecule has 0 amide bonds. The number of nitrogens with zero attached hydrogens (tertiary/aromatic N) is 4. The Morgan fingerprint density at radius 2 is 1.28 bits per heavy atom. The quantitative estimate of drug-likeness (QED) is 0.0205. The van der Waals surface area contributed by atoms with Crippen LogP contribution in [0.4, 0.5) is 28.4 Å². The number of fused-ring (bicyclic) bond motifs is 2. The molecule has 21 nitrogen and oxygen atoms in total. The summed E-state index contributed by atoms with van der Waals surface area (Å²) >= 11 is 0.219. The fraction of sp³-hybridized carbons (Fsp3) is 0.0370. The fourth-order valence-electron chi connectivity index (χ4n) is 5.02. The smallest absolute Gasteiger partial charge is 0.297 e. The number of hydrogen-bond donors (Lipinski definition) is 7. The largest absolute Gasteiger partial charge is 0.505 e. The van der Waals surface area contributed by atoms with Gasteiger partial charge in [-0.1, -0.05) is 29.3 Å². The minimum atomic E-state index is -5.31. The van der Waals surface area contributed by atoms with Crippen LogP contribution in [0.1, 0.15) is 5.56 Å². The lowest BCUT2D eigenvalue weighted by Crippen LogP contribution is -2.03. The maximum Gasteiger partial charge on any atom is 0.297 e. The molecule has 0 atom stereocenters. The number of nitrogen functional groups attached to an aromatic ring is 1. The standard InChI is InChI=1S/C27H21N5O16S5/c1-12-5-8-20(51(38,39)40)17(9-12)30-31-24-18(49-48-47-34)10-13-11-21(52(41,42)43)25(26(33)22(13)23(24)28)32-29-16-7-6-14-15(27(16)53(44,45)46)3-2-4-19(14)50(35,36)37/h2-11,33-34H,28H2,1H3,(H,35,36,37)(H,38,39,40)(H,41,42,43)(H,44,45,46). The van der Waals surface area contributed by atoms with Gasteiger partial charge in [0.15, 0.2) is 5.75 Å². The lowest BCUT2D eigenvalue weighted by atomic mass is 10.1. The highest BCUT2D eigenvalue weighted by molar-refractivity contribution is 7.94. The van der Waals surface area contributed by atoms with Gasteiger partial charge in [-0.25, -0.2) is 5.26 Å². The molecule has 26 heteroatoms. The topological polar surface area (TPSA) is 352 Å². The summed E-state index contributed by atoms with van der Waals surface area (Å²) in [4.78, 5) is -3.80. The average molecular weight is 832 g/mol. The van der Waals surface area contributed by atoms with Gasteiger partial charge >= 0.3 is 0 Å². The minimum Gasteiger partial charge on any atom is -0.505 e. The van der Waals surface area contributed by atoms with Gasteiger partial charge in [0.05, 0.1) is 28.0 Å². The predicted molar refractivity (Wildman–Crippen MR) is 183 cm³/mol. The van der Waals surface area contributed by atoms with Gasteiger partial charge in [0, 0.05) is 10.8 Å². The van der Waals surface area contributed by atoms with Crippen molar-refractivity contribution in [1.29, 1.82) is 0 Å². The van der Waals surface area contributed by atoms with Gasteiger partial charge in [0.25, 0.3) is 40.5 Å². The number of nitrogens with two attached hydrogens (primary N) is 1. The van der Waals surface area contributed by atoms with Crippen LogP contribution in [0, 0.1) is 6.92 Å². The molecule has 0 saturated carbocycles. The van der Waals surface area contributed by atoms with Crippen LogP contribution in [0.3, 0.4) is 0 Å². The second kappa shape index (κ2) is 14.3. The summed E-state index contributed by atoms with van der Waals surface area (Å²) in [5.74, 6) is -1.12. The number of benzene rings is 5. The molecule has 5 aromatic carbocycles. The summed E-state index contributed by atoms with van der Waals surface area (Å²) in [5.41, 5.74) is 3.65. The molecule has 0 aliphatic rings. The number of aryl methyl sites for hydroxylation is 1. The Morgan fingerprint density at radius 3 is 1.89 bits per heavy atom. The molecule has 0 unspecified atom stereocenters. The first-order valence-electron chi connectivity index (χ1n) is 13.7. The summed E-state index contributed by atoms with van der Waals surface area (Å²) < 4.78 is 141. The molecule has 0 fully saturated rings. The highest BCUT2D eigenvalue weighted by Crippen LogP contribution is 2.50. The lowest BCUT2D eigenvalue weighted by Gasteiger charge is -2.14. The van der Waals surface area contributed by atoms with Crippen LogP contribution in [0.5, 0.6) is 5.75 Å². The van der Waals surface area contributed by atoms with Crippen molar-refractivity contribution in [2.75, 3.05) is 5.73 Å². The number of anilines is 1. The summed E-state index contributed by atoms with van der Waals surface area (Å²) in [5, 5.41) is 37.2. The van der Waals surface area contributed by atoms with E-state index in [0.29, 0.717) is 5.56 Å². The first-order chi connectivity index (χ1) is 24.5. The van der Waals surface area contributed by atoms with Crippen LogP contribution in [0.2, 0.25) is 0 Å². The van der Waals surface area contributed by atoms with Gasteiger partial charge < -0.3 is 10.8 Å². The zero-order chi connectivity index (χ0) is 39.3. The van der Waals surface area contributed by atoms with Crippen molar-refractivity contribution in [2.24, 2.45) is 20.5 Å². The zero-order valence-corrected chi connectivity index (χ0v) is 30.0. The summed E-state index contributed by atoms with van der Waals surface area (Å²) in [6, 6.07) is 10.3. The van der Waals surface area contributed by atoms with E-state index in [4.69, 9.17) is 11.0 Å². The maximum atomic E-state index is 12.5. The second-order valence-electron chi connectivity index (χ2n) is 10.6. The van der Waals surface area contributed by atoms with Gasteiger partial charge in [-0.15, -0.1) is 24.8 Å². The molecule has 0 spiro atoms. The predicted octanol–water partition coefficient (Wildman–Crippen LogP) is 5.84. The van der Waals surface area contributed by atoms with Crippen molar-refractivity contribution in [3.8, 4) is 5.75 Å². The number of phenolic OH excluding ortho intramolecular Hbond substituents is 1. The number of rotatable bonds is 11. The second-order valence-corrected chi connectivity index (χ2v) is 16.8. The monoisotopic (exact) mass is 831 g/mol. The van der Waals surface area contributed by atoms with E-state index in [-0.39, 0.29) is 33.4 Å². The molecule has 0 heterocycles. The Balaban J connectivity index is 1.80. The Labute approximate surface area is 302 Å². The van der Waals surface area contributed by atoms with Crippen molar-refractivity contribution in [3.63, 3.8) is 0 Å². The van der Waals surface area contributed by atoms with E-state index in [1.54, 1.807) is 6.92 Å². The van der Waals surface area contributed by atoms with Gasteiger partial charge in [0.2, 0.25) is 0 Å².